The number of hydrogen-bond donors (Lipinski definition) is 2. The predicted octanol–water partition coefficient (Wildman–Crippen LogP) is 3.16. The number of aromatic amines is 1. The molecule has 0 unspecified atom stereocenters. The lowest BCUT2D eigenvalue weighted by atomic mass is 10.2. The molecule has 6 heteroatoms. The van der Waals surface area contributed by atoms with Gasteiger partial charge in [-0.3, -0.25) is 9.98 Å². The van der Waals surface area contributed by atoms with Gasteiger partial charge < -0.3 is 10.1 Å². The van der Waals surface area contributed by atoms with E-state index in [9.17, 15) is 5.11 Å². The minimum absolute atomic E-state index is 0.0882. The fourth-order valence-corrected chi connectivity index (χ4v) is 2.65. The topological polar surface area (TPSA) is 61.3 Å². The monoisotopic (exact) mass is 261 g/mol. The van der Waals surface area contributed by atoms with Crippen molar-refractivity contribution in [3.63, 3.8) is 0 Å². The van der Waals surface area contributed by atoms with Crippen molar-refractivity contribution in [3.05, 3.63) is 32.9 Å². The standard InChI is InChI=1S/C11H7N3OS2/c15-10-8(17-11(16)14-10)4-6-5-13-7-2-1-3-12-9(6)7/h1-5,15H,(H,14,16). The Bertz CT molecular complexity index is 697. The summed E-state index contributed by atoms with van der Waals surface area (Å²) in [7, 11) is 0. The molecule has 0 bridgehead atoms. The summed E-state index contributed by atoms with van der Waals surface area (Å²) in [6.07, 6.45) is 5.29. The van der Waals surface area contributed by atoms with Crippen LogP contribution in [0.3, 0.4) is 0 Å². The summed E-state index contributed by atoms with van der Waals surface area (Å²) in [5.41, 5.74) is 2.55. The summed E-state index contributed by atoms with van der Waals surface area (Å²) in [5, 5.41) is 9.62. The van der Waals surface area contributed by atoms with Crippen LogP contribution < -0.4 is 0 Å². The molecule has 4 nitrogen and oxygen atoms in total. The van der Waals surface area contributed by atoms with Crippen LogP contribution in [0.15, 0.2) is 23.3 Å². The third-order valence-electron chi connectivity index (χ3n) is 2.35. The number of aromatic hydroxyl groups is 1. The lowest BCUT2D eigenvalue weighted by Crippen LogP contribution is -1.83. The Morgan fingerprint density at radius 1 is 1.47 bits per heavy atom. The molecule has 0 radical (unpaired) electrons. The average Bonchev–Trinajstić information content (AvgIpc) is 2.85. The van der Waals surface area contributed by atoms with Gasteiger partial charge in [0.05, 0.1) is 16.3 Å². The molecule has 2 aromatic rings. The highest BCUT2D eigenvalue weighted by atomic mass is 32.1. The van der Waals surface area contributed by atoms with Crippen LogP contribution in [0, 0.1) is 3.95 Å². The van der Waals surface area contributed by atoms with E-state index in [0.717, 1.165) is 17.0 Å². The molecular weight excluding hydrogens is 254 g/mol. The third kappa shape index (κ3) is 1.81. The van der Waals surface area contributed by atoms with Gasteiger partial charge in [0.1, 0.15) is 0 Å². The SMILES string of the molecule is Oc1[nH]c(=S)sc1C=C1C=Nc2cccnc21. The number of nitrogens with zero attached hydrogens (tertiary/aromatic N) is 2. The van der Waals surface area contributed by atoms with E-state index in [1.165, 1.54) is 11.3 Å². The predicted molar refractivity (Wildman–Crippen MR) is 71.4 cm³/mol. The van der Waals surface area contributed by atoms with E-state index in [4.69, 9.17) is 12.2 Å². The van der Waals surface area contributed by atoms with Gasteiger partial charge in [0.25, 0.3) is 0 Å². The Morgan fingerprint density at radius 3 is 3.12 bits per heavy atom. The average molecular weight is 261 g/mol. The second-order valence-electron chi connectivity index (χ2n) is 3.46. The molecule has 0 atom stereocenters. The second kappa shape index (κ2) is 3.90. The zero-order valence-corrected chi connectivity index (χ0v) is 10.2. The first-order chi connectivity index (χ1) is 8.24. The van der Waals surface area contributed by atoms with Gasteiger partial charge in [-0.05, 0) is 30.4 Å². The van der Waals surface area contributed by atoms with Crippen molar-refractivity contribution in [2.75, 3.05) is 0 Å². The normalized spacial score (nSPS) is 15.4. The molecule has 0 saturated carbocycles. The number of nitrogens with one attached hydrogen (secondary N) is 1. The van der Waals surface area contributed by atoms with Crippen LogP contribution in [0.1, 0.15) is 10.6 Å². The van der Waals surface area contributed by atoms with Crippen molar-refractivity contribution in [1.82, 2.24) is 9.97 Å². The summed E-state index contributed by atoms with van der Waals surface area (Å²) in [4.78, 5) is 11.9. The van der Waals surface area contributed by atoms with Crippen LogP contribution in [0.25, 0.3) is 11.6 Å². The summed E-state index contributed by atoms with van der Waals surface area (Å²) < 4.78 is 0.547. The fraction of sp³-hybridized carbons (Fsp3) is 0. The Hall–Kier alpha value is -1.79. The first kappa shape index (κ1) is 10.4. The third-order valence-corrected chi connectivity index (χ3v) is 3.52. The number of allylic oxidation sites excluding steroid dienone is 1. The van der Waals surface area contributed by atoms with E-state index in [2.05, 4.69) is 15.0 Å². The molecule has 1 aliphatic heterocycles. The molecule has 84 valence electrons. The molecule has 1 aliphatic rings. The van der Waals surface area contributed by atoms with Gasteiger partial charge in [0.15, 0.2) is 3.95 Å². The summed E-state index contributed by atoms with van der Waals surface area (Å²) in [6.45, 7) is 0. The minimum Gasteiger partial charge on any atom is -0.494 e. The van der Waals surface area contributed by atoms with Gasteiger partial charge in [-0.15, -0.1) is 11.3 Å². The van der Waals surface area contributed by atoms with Crippen LogP contribution in [0.5, 0.6) is 5.88 Å². The van der Waals surface area contributed by atoms with Crippen LogP contribution in [0.4, 0.5) is 5.69 Å². The highest BCUT2D eigenvalue weighted by Crippen LogP contribution is 2.33. The fourth-order valence-electron chi connectivity index (χ4n) is 1.60. The Labute approximate surface area is 106 Å². The molecule has 3 rings (SSSR count). The highest BCUT2D eigenvalue weighted by Gasteiger charge is 2.14. The van der Waals surface area contributed by atoms with E-state index < -0.39 is 0 Å². The molecule has 0 fully saturated rings. The highest BCUT2D eigenvalue weighted by molar-refractivity contribution is 7.73. The van der Waals surface area contributed by atoms with E-state index >= 15 is 0 Å². The van der Waals surface area contributed by atoms with Crippen LogP contribution in [-0.4, -0.2) is 21.3 Å². The number of aromatic nitrogens is 2. The molecule has 0 amide bonds. The van der Waals surface area contributed by atoms with Gasteiger partial charge in [-0.2, -0.15) is 0 Å². The zero-order chi connectivity index (χ0) is 11.8. The van der Waals surface area contributed by atoms with Crippen LogP contribution >= 0.6 is 23.6 Å². The van der Waals surface area contributed by atoms with Crippen LogP contribution in [0.2, 0.25) is 0 Å². The summed E-state index contributed by atoms with van der Waals surface area (Å²) >= 11 is 6.28. The number of hydrogen-bond acceptors (Lipinski definition) is 5. The van der Waals surface area contributed by atoms with E-state index in [0.29, 0.717) is 8.83 Å². The molecule has 3 heterocycles. The largest absolute Gasteiger partial charge is 0.494 e. The molecular formula is C11H7N3OS2. The van der Waals surface area contributed by atoms with Crippen molar-refractivity contribution in [2.24, 2.45) is 4.99 Å². The molecule has 2 N–H and O–H groups in total. The Balaban J connectivity index is 2.11. The van der Waals surface area contributed by atoms with Crippen molar-refractivity contribution in [1.29, 1.82) is 0 Å². The number of thiazole rings is 1. The minimum atomic E-state index is 0.0882. The lowest BCUT2D eigenvalue weighted by molar-refractivity contribution is 0.456. The number of rotatable bonds is 1. The maximum Gasteiger partial charge on any atom is 0.207 e. The van der Waals surface area contributed by atoms with Gasteiger partial charge in [0.2, 0.25) is 5.88 Å². The summed E-state index contributed by atoms with van der Waals surface area (Å²) in [5.74, 6) is 0.0882. The van der Waals surface area contributed by atoms with Crippen molar-refractivity contribution >= 4 is 47.1 Å². The Morgan fingerprint density at radius 2 is 2.35 bits per heavy atom. The quantitative estimate of drug-likeness (QED) is 0.775. The van der Waals surface area contributed by atoms with Crippen molar-refractivity contribution in [3.8, 4) is 5.88 Å². The van der Waals surface area contributed by atoms with E-state index in [1.807, 2.05) is 18.2 Å². The Kier molecular flexibility index (Phi) is 2.38. The molecule has 17 heavy (non-hydrogen) atoms. The smallest absolute Gasteiger partial charge is 0.207 e. The maximum atomic E-state index is 9.62. The summed E-state index contributed by atoms with van der Waals surface area (Å²) in [6, 6.07) is 3.75. The number of H-pyrrole nitrogens is 1. The van der Waals surface area contributed by atoms with E-state index in [1.54, 1.807) is 12.4 Å². The number of aliphatic imine (C=N–C) groups is 1. The molecule has 0 saturated heterocycles. The molecule has 2 aromatic heterocycles. The molecule has 0 aliphatic carbocycles. The van der Waals surface area contributed by atoms with E-state index in [-0.39, 0.29) is 5.88 Å². The molecule has 0 spiro atoms. The van der Waals surface area contributed by atoms with Gasteiger partial charge >= 0.3 is 0 Å². The van der Waals surface area contributed by atoms with Gasteiger partial charge in [-0.1, -0.05) is 0 Å². The lowest BCUT2D eigenvalue weighted by Gasteiger charge is -1.96. The van der Waals surface area contributed by atoms with Gasteiger partial charge in [0, 0.05) is 18.0 Å². The number of pyridine rings is 1. The molecule has 0 aromatic carbocycles. The first-order valence-electron chi connectivity index (χ1n) is 4.87. The zero-order valence-electron chi connectivity index (χ0n) is 8.54. The van der Waals surface area contributed by atoms with Crippen molar-refractivity contribution < 1.29 is 5.11 Å². The van der Waals surface area contributed by atoms with Crippen LogP contribution in [-0.2, 0) is 0 Å². The number of fused-ring (bicyclic) bond motifs is 1. The second-order valence-corrected chi connectivity index (χ2v) is 5.18. The van der Waals surface area contributed by atoms with Gasteiger partial charge in [-0.25, -0.2) is 0 Å². The maximum absolute atomic E-state index is 9.62. The first-order valence-corrected chi connectivity index (χ1v) is 6.10. The van der Waals surface area contributed by atoms with Crippen molar-refractivity contribution in [2.45, 2.75) is 0 Å².